The van der Waals surface area contributed by atoms with Crippen molar-refractivity contribution >= 4 is 29.4 Å². The molecule has 1 aromatic carbocycles. The molecule has 31 heavy (non-hydrogen) atoms. The number of hydrogen-bond donors (Lipinski definition) is 1. The fraction of sp³-hybridized carbons (Fsp3) is 0.381. The topological polar surface area (TPSA) is 83.9 Å². The maximum absolute atomic E-state index is 14.4. The molecule has 0 radical (unpaired) electrons. The van der Waals surface area contributed by atoms with Crippen molar-refractivity contribution in [3.63, 3.8) is 0 Å². The molecule has 1 aromatic rings. The maximum atomic E-state index is 14.4. The number of cyclic esters (lactones) is 1. The maximum Gasteiger partial charge on any atom is 0.471 e. The molecule has 1 N–H and O–H groups in total. The lowest BCUT2D eigenvalue weighted by atomic mass is 9.88. The van der Waals surface area contributed by atoms with Crippen LogP contribution in [-0.2, 0) is 27.4 Å². The molecule has 10 heteroatoms. The number of allylic oxidation sites excluding steroid dienone is 2. The molecule has 0 fully saturated rings. The Morgan fingerprint density at radius 2 is 1.90 bits per heavy atom. The second-order valence-corrected chi connectivity index (χ2v) is 7.17. The Balaban J connectivity index is 2.75. The molecule has 0 spiro atoms. The van der Waals surface area contributed by atoms with Crippen LogP contribution in [0.1, 0.15) is 52.4 Å². The zero-order valence-electron chi connectivity index (χ0n) is 17.2. The summed E-state index contributed by atoms with van der Waals surface area (Å²) in [5.41, 5.74) is 0.265. The number of anilines is 1. The van der Waals surface area contributed by atoms with Crippen LogP contribution in [0.5, 0.6) is 0 Å². The van der Waals surface area contributed by atoms with Gasteiger partial charge in [0.2, 0.25) is 0 Å². The van der Waals surface area contributed by atoms with Crippen LogP contribution < -0.4 is 4.90 Å². The highest BCUT2D eigenvalue weighted by molar-refractivity contribution is 6.08. The Hall–Kier alpha value is -3.17. The summed E-state index contributed by atoms with van der Waals surface area (Å²) in [4.78, 5) is 35.3. The average Bonchev–Trinajstić information content (AvgIpc) is 3.04. The van der Waals surface area contributed by atoms with E-state index >= 15 is 0 Å². The number of halogens is 4. The first-order valence-electron chi connectivity index (χ1n) is 9.19. The van der Waals surface area contributed by atoms with Crippen molar-refractivity contribution < 1.29 is 41.8 Å². The predicted octanol–water partition coefficient (Wildman–Crippen LogP) is 4.48. The minimum atomic E-state index is -5.23. The first-order chi connectivity index (χ1) is 14.3. The van der Waals surface area contributed by atoms with E-state index in [-0.39, 0.29) is 58.6 Å². The van der Waals surface area contributed by atoms with Crippen LogP contribution in [0.25, 0.3) is 5.83 Å². The van der Waals surface area contributed by atoms with E-state index in [4.69, 9.17) is 9.84 Å². The number of rotatable bonds is 7. The molecule has 1 aliphatic heterocycles. The zero-order valence-corrected chi connectivity index (χ0v) is 17.2. The van der Waals surface area contributed by atoms with Gasteiger partial charge in [0.1, 0.15) is 12.4 Å². The van der Waals surface area contributed by atoms with Crippen LogP contribution in [-0.4, -0.2) is 36.2 Å². The molecule has 0 aromatic heterocycles. The highest BCUT2D eigenvalue weighted by Crippen LogP contribution is 2.42. The van der Waals surface area contributed by atoms with Gasteiger partial charge in [-0.3, -0.25) is 9.59 Å². The molecule has 0 atom stereocenters. The van der Waals surface area contributed by atoms with Crippen molar-refractivity contribution in [1.82, 2.24) is 0 Å². The number of fused-ring (bicyclic) bond motifs is 1. The van der Waals surface area contributed by atoms with Crippen LogP contribution in [0.3, 0.4) is 0 Å². The van der Waals surface area contributed by atoms with Gasteiger partial charge in [0.25, 0.3) is 0 Å². The molecule has 0 saturated heterocycles. The van der Waals surface area contributed by atoms with Gasteiger partial charge in [0.05, 0.1) is 11.3 Å². The van der Waals surface area contributed by atoms with Crippen LogP contribution in [0.15, 0.2) is 18.2 Å². The molecule has 168 valence electrons. The van der Waals surface area contributed by atoms with Crippen molar-refractivity contribution in [3.05, 3.63) is 46.0 Å². The zero-order chi connectivity index (χ0) is 23.7. The lowest BCUT2D eigenvalue weighted by Gasteiger charge is -2.26. The monoisotopic (exact) mass is 443 g/mol. The lowest BCUT2D eigenvalue weighted by molar-refractivity contribution is -0.170. The molecule has 0 saturated carbocycles. The molecule has 2 rings (SSSR count). The summed E-state index contributed by atoms with van der Waals surface area (Å²) in [6, 6.07) is 0. The van der Waals surface area contributed by atoms with Gasteiger partial charge < -0.3 is 14.7 Å². The van der Waals surface area contributed by atoms with E-state index in [1.165, 1.54) is 13.0 Å². The third-order valence-electron chi connectivity index (χ3n) is 5.05. The average molecular weight is 443 g/mol. The number of carbonyl (C=O) groups is 3. The summed E-state index contributed by atoms with van der Waals surface area (Å²) in [6.07, 6.45) is -3.87. The van der Waals surface area contributed by atoms with Crippen molar-refractivity contribution in [2.24, 2.45) is 0 Å². The Bertz CT molecular complexity index is 995. The molecule has 1 heterocycles. The minimum Gasteiger partial charge on any atom is -0.481 e. The van der Waals surface area contributed by atoms with Gasteiger partial charge in [0.15, 0.2) is 0 Å². The second kappa shape index (κ2) is 8.91. The molecule has 0 unspecified atom stereocenters. The van der Waals surface area contributed by atoms with Gasteiger partial charge >= 0.3 is 24.0 Å². The minimum absolute atomic E-state index is 0.0441. The van der Waals surface area contributed by atoms with E-state index in [2.05, 4.69) is 6.58 Å². The molecule has 6 nitrogen and oxygen atoms in total. The number of carboxylic acids is 1. The number of nitrogens with zero attached hydrogens (tertiary/aromatic N) is 1. The Morgan fingerprint density at radius 3 is 2.42 bits per heavy atom. The van der Waals surface area contributed by atoms with E-state index in [9.17, 15) is 31.9 Å². The first kappa shape index (κ1) is 24.1. The van der Waals surface area contributed by atoms with Gasteiger partial charge in [0, 0.05) is 24.6 Å². The normalized spacial score (nSPS) is 13.6. The molecular weight excluding hydrogens is 422 g/mol. The summed E-state index contributed by atoms with van der Waals surface area (Å²) >= 11 is 0. The number of hydrogen-bond acceptors (Lipinski definition) is 4. The summed E-state index contributed by atoms with van der Waals surface area (Å²) in [7, 11) is 0.849. The number of carbonyl (C=O) groups excluding carboxylic acids is 2. The Labute approximate surface area is 175 Å². The van der Waals surface area contributed by atoms with E-state index in [0.29, 0.717) is 5.57 Å². The first-order valence-corrected chi connectivity index (χ1v) is 9.19. The molecule has 1 amide bonds. The van der Waals surface area contributed by atoms with Crippen LogP contribution >= 0.6 is 0 Å². The number of ether oxygens (including phenoxy) is 1. The highest BCUT2D eigenvalue weighted by Gasteiger charge is 2.44. The Morgan fingerprint density at radius 1 is 1.29 bits per heavy atom. The van der Waals surface area contributed by atoms with E-state index < -0.39 is 35.5 Å². The molecule has 0 aliphatic carbocycles. The molecule has 0 bridgehead atoms. The number of carboxylic acid groups (broad SMARTS) is 1. The van der Waals surface area contributed by atoms with Crippen molar-refractivity contribution in [2.45, 2.75) is 45.9 Å². The van der Waals surface area contributed by atoms with Gasteiger partial charge in [-0.1, -0.05) is 18.2 Å². The summed E-state index contributed by atoms with van der Waals surface area (Å²) in [5, 5.41) is 8.80. The van der Waals surface area contributed by atoms with Crippen molar-refractivity contribution in [2.75, 3.05) is 11.9 Å². The van der Waals surface area contributed by atoms with Crippen molar-refractivity contribution in [1.29, 1.82) is 0 Å². The third-order valence-corrected chi connectivity index (χ3v) is 5.05. The number of alkyl halides is 3. The number of esters is 1. The number of aliphatic carboxylic acids is 1. The highest BCUT2D eigenvalue weighted by atomic mass is 19.4. The van der Waals surface area contributed by atoms with Crippen LogP contribution in [0, 0.1) is 6.92 Å². The summed E-state index contributed by atoms with van der Waals surface area (Å²) in [6.45, 7) is 6.09. The quantitative estimate of drug-likeness (QED) is 0.382. The van der Waals surface area contributed by atoms with E-state index in [0.717, 1.165) is 7.05 Å². The largest absolute Gasteiger partial charge is 0.481 e. The van der Waals surface area contributed by atoms with Crippen LogP contribution in [0.2, 0.25) is 0 Å². The van der Waals surface area contributed by atoms with Gasteiger partial charge in [-0.25, -0.2) is 9.18 Å². The van der Waals surface area contributed by atoms with E-state index in [1.807, 2.05) is 0 Å². The lowest BCUT2D eigenvalue weighted by Crippen LogP contribution is -2.40. The second-order valence-electron chi connectivity index (χ2n) is 7.17. The SMILES string of the molecule is C=C(F)c1c(C)c2c(c(N(C)C(=O)C(F)(F)F)c1CC=C(C)CCC(=O)O)C(=O)OC2. The molecule has 1 aliphatic rings. The van der Waals surface area contributed by atoms with Gasteiger partial charge in [-0.15, -0.1) is 0 Å². The molecular formula is C21H21F4NO5. The Kier molecular flexibility index (Phi) is 6.93. The smallest absolute Gasteiger partial charge is 0.471 e. The number of benzene rings is 1. The predicted molar refractivity (Wildman–Crippen MR) is 104 cm³/mol. The van der Waals surface area contributed by atoms with Gasteiger partial charge in [-0.2, -0.15) is 13.2 Å². The fourth-order valence-corrected chi connectivity index (χ4v) is 3.50. The fourth-order valence-electron chi connectivity index (χ4n) is 3.50. The van der Waals surface area contributed by atoms with E-state index in [1.54, 1.807) is 6.92 Å². The van der Waals surface area contributed by atoms with Gasteiger partial charge in [-0.05, 0) is 37.8 Å². The summed E-state index contributed by atoms with van der Waals surface area (Å²) in [5.74, 6) is -5.13. The summed E-state index contributed by atoms with van der Waals surface area (Å²) < 4.78 is 58.8. The van der Waals surface area contributed by atoms with Crippen LogP contribution in [0.4, 0.5) is 23.2 Å². The van der Waals surface area contributed by atoms with Crippen molar-refractivity contribution in [3.8, 4) is 0 Å². The standard InChI is InChI=1S/C21H21F4NO5/c1-10(6-8-15(27)28)5-7-13-16(12(3)22)11(2)14-9-31-19(29)17(14)18(13)26(4)20(30)21(23,24)25/h5H,3,6-9H2,1-2,4H3,(H,27,28). The number of amides is 1. The third kappa shape index (κ3) is 4.95.